The highest BCUT2D eigenvalue weighted by molar-refractivity contribution is 8.14. The molecule has 0 radical (unpaired) electrons. The molecule has 0 spiro atoms. The average molecular weight is 453 g/mol. The van der Waals surface area contributed by atoms with E-state index in [4.69, 9.17) is 4.74 Å². The number of nitrogens with one attached hydrogen (secondary N) is 2. The number of carbonyl (C=O) groups excluding carboxylic acids is 3. The summed E-state index contributed by atoms with van der Waals surface area (Å²) in [6, 6.07) is -0.479. The van der Waals surface area contributed by atoms with Gasteiger partial charge in [-0.3, -0.25) is 14.4 Å². The lowest BCUT2D eigenvalue weighted by Gasteiger charge is -2.30. The number of hydrogen-bond acceptors (Lipinski definition) is 6. The van der Waals surface area contributed by atoms with Gasteiger partial charge in [-0.2, -0.15) is 0 Å². The van der Waals surface area contributed by atoms with Gasteiger partial charge in [-0.25, -0.2) is 5.43 Å². The van der Waals surface area contributed by atoms with Crippen LogP contribution in [-0.2, 0) is 19.1 Å². The summed E-state index contributed by atoms with van der Waals surface area (Å²) < 4.78 is 5.42. The second-order valence-electron chi connectivity index (χ2n) is 8.77. The fraction of sp³-hybridized carbons (Fsp3) is 0.818. The van der Waals surface area contributed by atoms with Crippen molar-refractivity contribution in [3.63, 3.8) is 0 Å². The lowest BCUT2D eigenvalue weighted by Crippen LogP contribution is -2.53. The van der Waals surface area contributed by atoms with E-state index in [2.05, 4.69) is 27.7 Å². The van der Waals surface area contributed by atoms with Gasteiger partial charge in [-0.1, -0.05) is 37.4 Å². The molecule has 2 heterocycles. The van der Waals surface area contributed by atoms with Gasteiger partial charge in [0.15, 0.2) is 5.17 Å². The summed E-state index contributed by atoms with van der Waals surface area (Å²) in [5.74, 6) is -0.738. The molecule has 2 atom stereocenters. The minimum atomic E-state index is -0.822. The molecule has 1 unspecified atom stereocenters. The highest BCUT2D eigenvalue weighted by Crippen LogP contribution is 2.25. The highest BCUT2D eigenvalue weighted by Gasteiger charge is 2.36. The Morgan fingerprint density at radius 3 is 2.45 bits per heavy atom. The Kier molecular flexibility index (Phi) is 9.19. The van der Waals surface area contributed by atoms with Crippen molar-refractivity contribution < 1.29 is 19.1 Å². The minimum Gasteiger partial charge on any atom is -0.381 e. The van der Waals surface area contributed by atoms with E-state index in [1.54, 1.807) is 11.8 Å². The normalized spacial score (nSPS) is 25.8. The molecular formula is C22H36N4O4S. The maximum atomic E-state index is 13.1. The number of amidine groups is 1. The summed E-state index contributed by atoms with van der Waals surface area (Å²) in [5.41, 5.74) is 2.45. The molecule has 0 aromatic heterocycles. The molecule has 2 aliphatic heterocycles. The van der Waals surface area contributed by atoms with Crippen molar-refractivity contribution in [2.24, 2.45) is 16.9 Å². The molecule has 0 bridgehead atoms. The van der Waals surface area contributed by atoms with Crippen LogP contribution in [0.3, 0.4) is 0 Å². The summed E-state index contributed by atoms with van der Waals surface area (Å²) in [7, 11) is 0. The second-order valence-corrected chi connectivity index (χ2v) is 9.76. The molecule has 8 nitrogen and oxygen atoms in total. The number of carbonyl (C=O) groups is 3. The largest absolute Gasteiger partial charge is 0.381 e. The molecule has 2 saturated heterocycles. The second kappa shape index (κ2) is 11.9. The lowest BCUT2D eigenvalue weighted by molar-refractivity contribution is -0.142. The van der Waals surface area contributed by atoms with Crippen LogP contribution in [-0.4, -0.2) is 65.3 Å². The number of amides is 2. The van der Waals surface area contributed by atoms with Crippen LogP contribution in [0.25, 0.3) is 0 Å². The van der Waals surface area contributed by atoms with Gasteiger partial charge in [0.2, 0.25) is 11.7 Å². The van der Waals surface area contributed by atoms with Crippen LogP contribution in [0.4, 0.5) is 0 Å². The Balaban J connectivity index is 1.66. The van der Waals surface area contributed by atoms with Crippen molar-refractivity contribution in [2.75, 3.05) is 25.5 Å². The van der Waals surface area contributed by atoms with E-state index in [-0.39, 0.29) is 17.7 Å². The molecule has 2 amide bonds. The lowest BCUT2D eigenvalue weighted by atomic mass is 9.87. The van der Waals surface area contributed by atoms with Crippen molar-refractivity contribution in [1.82, 2.24) is 15.6 Å². The van der Waals surface area contributed by atoms with E-state index in [1.807, 2.05) is 6.92 Å². The zero-order valence-electron chi connectivity index (χ0n) is 18.7. The Hall–Kier alpha value is -1.61. The summed E-state index contributed by atoms with van der Waals surface area (Å²) in [4.78, 5) is 40.8. The Bertz CT molecular complexity index is 672. The molecular weight excluding hydrogens is 416 g/mol. The van der Waals surface area contributed by atoms with Gasteiger partial charge in [-0.15, -0.1) is 5.10 Å². The van der Waals surface area contributed by atoms with Crippen LogP contribution in [0, 0.1) is 11.8 Å². The van der Waals surface area contributed by atoms with Gasteiger partial charge in [-0.05, 0) is 45.4 Å². The van der Waals surface area contributed by atoms with E-state index in [0.29, 0.717) is 32.1 Å². The first kappa shape index (κ1) is 24.0. The fourth-order valence-electron chi connectivity index (χ4n) is 4.65. The van der Waals surface area contributed by atoms with Crippen LogP contribution in [0.1, 0.15) is 65.2 Å². The van der Waals surface area contributed by atoms with Gasteiger partial charge in [0, 0.05) is 37.5 Å². The topological polar surface area (TPSA) is 100 Å². The molecule has 3 aliphatic rings. The average Bonchev–Trinajstić information content (AvgIpc) is 2.96. The van der Waals surface area contributed by atoms with Gasteiger partial charge >= 0.3 is 5.91 Å². The summed E-state index contributed by atoms with van der Waals surface area (Å²) >= 11 is 1.57. The minimum absolute atomic E-state index is 0.0737. The van der Waals surface area contributed by atoms with E-state index < -0.39 is 17.7 Å². The standard InChI is InChI=1S/C22H36N4O4S/c1-3-26-15(2)14-31-22(26)25-24-21(29)19(27)18(16-10-12-30-13-11-16)23-20(28)17-8-6-4-5-7-9-17/h15-18H,3-14H2,1-2H3,(H,23,28)(H,24,29)/b25-22-/t15-,18?/m0/s1. The Labute approximate surface area is 189 Å². The first-order valence-electron chi connectivity index (χ1n) is 11.7. The number of thioether (sulfide) groups is 1. The van der Waals surface area contributed by atoms with E-state index >= 15 is 0 Å². The smallest absolute Gasteiger partial charge is 0.309 e. The maximum Gasteiger partial charge on any atom is 0.309 e. The first-order chi connectivity index (χ1) is 15.0. The van der Waals surface area contributed by atoms with Crippen molar-refractivity contribution in [3.05, 3.63) is 0 Å². The van der Waals surface area contributed by atoms with Crippen LogP contribution in [0.2, 0.25) is 0 Å². The molecule has 174 valence electrons. The predicted molar refractivity (Wildman–Crippen MR) is 122 cm³/mol. The Morgan fingerprint density at radius 2 is 1.81 bits per heavy atom. The quantitative estimate of drug-likeness (QED) is 0.349. The molecule has 0 aromatic rings. The van der Waals surface area contributed by atoms with E-state index in [9.17, 15) is 14.4 Å². The SMILES string of the molecule is CCN1/C(=N/NC(=O)C(=O)C(NC(=O)C2CCCCCC2)C2CCOCC2)SC[C@@H]1C. The zero-order chi connectivity index (χ0) is 22.2. The van der Waals surface area contributed by atoms with Crippen LogP contribution < -0.4 is 10.7 Å². The third kappa shape index (κ3) is 6.44. The van der Waals surface area contributed by atoms with Crippen LogP contribution in [0.5, 0.6) is 0 Å². The molecule has 1 aliphatic carbocycles. The molecule has 3 fully saturated rings. The van der Waals surface area contributed by atoms with Crippen LogP contribution >= 0.6 is 11.8 Å². The van der Waals surface area contributed by atoms with Crippen LogP contribution in [0.15, 0.2) is 5.10 Å². The van der Waals surface area contributed by atoms with E-state index in [1.165, 1.54) is 0 Å². The number of nitrogens with zero attached hydrogens (tertiary/aromatic N) is 2. The number of rotatable bonds is 7. The predicted octanol–water partition coefficient (Wildman–Crippen LogP) is 2.28. The maximum absolute atomic E-state index is 13.1. The Morgan fingerprint density at radius 1 is 1.13 bits per heavy atom. The van der Waals surface area contributed by atoms with Gasteiger partial charge in [0.25, 0.3) is 0 Å². The van der Waals surface area contributed by atoms with Crippen molar-refractivity contribution in [3.8, 4) is 0 Å². The number of Topliss-reactive ketones (excluding diaryl/α,β-unsaturated/α-hetero) is 1. The molecule has 31 heavy (non-hydrogen) atoms. The molecule has 9 heteroatoms. The van der Waals surface area contributed by atoms with Gasteiger partial charge < -0.3 is 15.0 Å². The van der Waals surface area contributed by atoms with Crippen molar-refractivity contribution in [2.45, 2.75) is 77.3 Å². The third-order valence-corrected chi connectivity index (χ3v) is 7.83. The van der Waals surface area contributed by atoms with Gasteiger partial charge in [0.05, 0.1) is 0 Å². The molecule has 3 rings (SSSR count). The molecule has 1 saturated carbocycles. The first-order valence-corrected chi connectivity index (χ1v) is 12.7. The molecule has 0 aromatic carbocycles. The fourth-order valence-corrected chi connectivity index (χ4v) is 5.81. The van der Waals surface area contributed by atoms with Crippen molar-refractivity contribution >= 4 is 34.5 Å². The number of hydrogen-bond donors (Lipinski definition) is 2. The zero-order valence-corrected chi connectivity index (χ0v) is 19.5. The summed E-state index contributed by atoms with van der Waals surface area (Å²) in [5, 5.41) is 7.88. The van der Waals surface area contributed by atoms with Crippen molar-refractivity contribution in [1.29, 1.82) is 0 Å². The summed E-state index contributed by atoms with van der Waals surface area (Å²) in [6.07, 6.45) is 7.39. The van der Waals surface area contributed by atoms with E-state index in [0.717, 1.165) is 56.0 Å². The highest BCUT2D eigenvalue weighted by atomic mass is 32.2. The third-order valence-electron chi connectivity index (χ3n) is 6.59. The number of ketones is 1. The number of hydrazone groups is 1. The molecule has 2 N–H and O–H groups in total. The monoisotopic (exact) mass is 452 g/mol. The number of ether oxygens (including phenoxy) is 1. The van der Waals surface area contributed by atoms with Gasteiger partial charge in [0.1, 0.15) is 6.04 Å². The summed E-state index contributed by atoms with van der Waals surface area (Å²) in [6.45, 7) is 6.01.